The molecule has 0 unspecified atom stereocenters. The molecule has 2 nitrogen and oxygen atoms in total. The van der Waals surface area contributed by atoms with Gasteiger partial charge in [-0.15, -0.1) is 0 Å². The number of ether oxygens (including phenoxy) is 1. The van der Waals surface area contributed by atoms with Gasteiger partial charge in [-0.2, -0.15) is 0 Å². The van der Waals surface area contributed by atoms with Gasteiger partial charge in [0.15, 0.2) is 0 Å². The lowest BCUT2D eigenvalue weighted by Gasteiger charge is -2.28. The first-order valence-electron chi connectivity index (χ1n) is 10.4. The topological polar surface area (TPSA) is 26.3 Å². The standard InChI is InChI=1S/C28H26O2P/c1-30-28(29)21-23-17-19-24(20-18-23)22-31(25-11-5-2-6-12-25,26-13-7-3-8-14-26)27-15-9-4-10-16-27/h2-20H,21-22H2,1H3/q+1. The Labute approximate surface area is 184 Å². The highest BCUT2D eigenvalue weighted by molar-refractivity contribution is 7.95. The molecule has 154 valence electrons. The molecule has 4 aromatic rings. The van der Waals surface area contributed by atoms with Crippen molar-refractivity contribution in [3.63, 3.8) is 0 Å². The Hall–Kier alpha value is -3.22. The molecule has 0 aliphatic carbocycles. The first kappa shape index (κ1) is 21.0. The highest BCUT2D eigenvalue weighted by atomic mass is 31.2. The summed E-state index contributed by atoms with van der Waals surface area (Å²) in [6.07, 6.45) is 1.22. The number of hydrogen-bond donors (Lipinski definition) is 0. The molecule has 0 spiro atoms. The average Bonchev–Trinajstić information content (AvgIpc) is 2.85. The van der Waals surface area contributed by atoms with Crippen LogP contribution < -0.4 is 15.9 Å². The van der Waals surface area contributed by atoms with E-state index in [1.165, 1.54) is 28.6 Å². The van der Waals surface area contributed by atoms with Crippen molar-refractivity contribution >= 4 is 29.1 Å². The molecule has 0 fully saturated rings. The molecule has 0 aliphatic heterocycles. The van der Waals surface area contributed by atoms with Crippen LogP contribution in [0.25, 0.3) is 0 Å². The van der Waals surface area contributed by atoms with E-state index in [2.05, 4.69) is 103 Å². The van der Waals surface area contributed by atoms with Crippen molar-refractivity contribution in [2.24, 2.45) is 0 Å². The Balaban J connectivity index is 1.84. The molecule has 0 atom stereocenters. The molecule has 0 bridgehead atoms. The molecule has 0 heterocycles. The molecule has 0 aromatic heterocycles. The number of esters is 1. The predicted molar refractivity (Wildman–Crippen MR) is 131 cm³/mol. The zero-order valence-electron chi connectivity index (χ0n) is 17.6. The van der Waals surface area contributed by atoms with Crippen molar-refractivity contribution in [1.82, 2.24) is 0 Å². The molecule has 0 radical (unpaired) electrons. The van der Waals surface area contributed by atoms with E-state index in [4.69, 9.17) is 4.74 Å². The van der Waals surface area contributed by atoms with Crippen molar-refractivity contribution in [3.8, 4) is 0 Å². The summed E-state index contributed by atoms with van der Waals surface area (Å²) >= 11 is 0. The smallest absolute Gasteiger partial charge is 0.309 e. The Morgan fingerprint density at radius 2 is 1.00 bits per heavy atom. The van der Waals surface area contributed by atoms with E-state index in [1.54, 1.807) is 0 Å². The van der Waals surface area contributed by atoms with Crippen molar-refractivity contribution < 1.29 is 9.53 Å². The third-order valence-electron chi connectivity index (χ3n) is 5.61. The maximum Gasteiger partial charge on any atom is 0.309 e. The van der Waals surface area contributed by atoms with E-state index in [0.717, 1.165) is 11.7 Å². The van der Waals surface area contributed by atoms with Crippen LogP contribution >= 0.6 is 7.26 Å². The summed E-state index contributed by atoms with van der Waals surface area (Å²) in [5.41, 5.74) is 2.23. The molecule has 0 amide bonds. The van der Waals surface area contributed by atoms with Crippen LogP contribution in [-0.4, -0.2) is 13.1 Å². The van der Waals surface area contributed by atoms with E-state index < -0.39 is 7.26 Å². The van der Waals surface area contributed by atoms with Crippen LogP contribution in [0.3, 0.4) is 0 Å². The van der Waals surface area contributed by atoms with Gasteiger partial charge in [-0.3, -0.25) is 4.79 Å². The van der Waals surface area contributed by atoms with E-state index in [0.29, 0.717) is 6.42 Å². The van der Waals surface area contributed by atoms with Crippen molar-refractivity contribution in [2.45, 2.75) is 12.6 Å². The van der Waals surface area contributed by atoms with Gasteiger partial charge < -0.3 is 4.74 Å². The first-order valence-corrected chi connectivity index (χ1v) is 12.4. The fourth-order valence-corrected chi connectivity index (χ4v) is 8.29. The summed E-state index contributed by atoms with van der Waals surface area (Å²) in [6, 6.07) is 41.0. The van der Waals surface area contributed by atoms with Gasteiger partial charge in [0.25, 0.3) is 0 Å². The summed E-state index contributed by atoms with van der Waals surface area (Å²) in [6.45, 7) is 0. The van der Waals surface area contributed by atoms with Crippen LogP contribution in [0.1, 0.15) is 11.1 Å². The number of methoxy groups -OCH3 is 1. The second-order valence-electron chi connectivity index (χ2n) is 7.54. The highest BCUT2D eigenvalue weighted by Gasteiger charge is 2.45. The Morgan fingerprint density at radius 1 is 0.613 bits per heavy atom. The largest absolute Gasteiger partial charge is 0.469 e. The second kappa shape index (κ2) is 9.73. The zero-order chi connectivity index (χ0) is 21.5. The van der Waals surface area contributed by atoms with Gasteiger partial charge in [0.1, 0.15) is 23.2 Å². The lowest BCUT2D eigenvalue weighted by Crippen LogP contribution is -2.32. The van der Waals surface area contributed by atoms with Crippen molar-refractivity contribution in [1.29, 1.82) is 0 Å². The predicted octanol–water partition coefficient (Wildman–Crippen LogP) is 4.90. The molecule has 0 aliphatic rings. The van der Waals surface area contributed by atoms with E-state index in [9.17, 15) is 4.79 Å². The lowest BCUT2D eigenvalue weighted by atomic mass is 10.1. The van der Waals surface area contributed by atoms with Gasteiger partial charge in [-0.25, -0.2) is 0 Å². The number of carbonyl (C=O) groups is 1. The minimum atomic E-state index is -1.92. The third kappa shape index (κ3) is 4.60. The summed E-state index contributed by atoms with van der Waals surface area (Å²) in [7, 11) is -0.489. The molecule has 0 saturated heterocycles. The van der Waals surface area contributed by atoms with Gasteiger partial charge in [0.05, 0.1) is 19.7 Å². The third-order valence-corrected chi connectivity index (χ3v) is 9.99. The van der Waals surface area contributed by atoms with Crippen LogP contribution in [0.15, 0.2) is 115 Å². The summed E-state index contributed by atoms with van der Waals surface area (Å²) in [5.74, 6) is -0.215. The van der Waals surface area contributed by atoms with Crippen LogP contribution in [0.2, 0.25) is 0 Å². The SMILES string of the molecule is COC(=O)Cc1ccc(C[P+](c2ccccc2)(c2ccccc2)c2ccccc2)cc1. The van der Waals surface area contributed by atoms with E-state index >= 15 is 0 Å². The first-order chi connectivity index (χ1) is 15.2. The number of benzene rings is 4. The van der Waals surface area contributed by atoms with Gasteiger partial charge >= 0.3 is 5.97 Å². The van der Waals surface area contributed by atoms with Crippen molar-refractivity contribution in [3.05, 3.63) is 126 Å². The summed E-state index contributed by atoms with van der Waals surface area (Å²) in [4.78, 5) is 11.6. The van der Waals surface area contributed by atoms with Crippen LogP contribution in [0.5, 0.6) is 0 Å². The Bertz CT molecular complexity index is 1010. The lowest BCUT2D eigenvalue weighted by molar-refractivity contribution is -0.139. The molecule has 0 saturated carbocycles. The molecule has 31 heavy (non-hydrogen) atoms. The zero-order valence-corrected chi connectivity index (χ0v) is 18.5. The average molecular weight is 425 g/mol. The molecular weight excluding hydrogens is 399 g/mol. The Kier molecular flexibility index (Phi) is 6.60. The molecule has 4 aromatic carbocycles. The second-order valence-corrected chi connectivity index (χ2v) is 11.0. The molecule has 4 rings (SSSR count). The minimum absolute atomic E-state index is 0.215. The number of hydrogen-bond acceptors (Lipinski definition) is 2. The van der Waals surface area contributed by atoms with E-state index in [1.807, 2.05) is 12.1 Å². The normalized spacial score (nSPS) is 11.1. The maximum atomic E-state index is 11.6. The fourth-order valence-electron chi connectivity index (χ4n) is 4.04. The number of carbonyl (C=O) groups excluding carboxylic acids is 1. The molecule has 0 N–H and O–H groups in total. The van der Waals surface area contributed by atoms with Crippen LogP contribution in [0.4, 0.5) is 0 Å². The van der Waals surface area contributed by atoms with Gasteiger partial charge in [0, 0.05) is 0 Å². The molecule has 3 heteroatoms. The van der Waals surface area contributed by atoms with Gasteiger partial charge in [0.2, 0.25) is 0 Å². The minimum Gasteiger partial charge on any atom is -0.469 e. The van der Waals surface area contributed by atoms with Crippen LogP contribution in [-0.2, 0) is 22.1 Å². The van der Waals surface area contributed by atoms with Crippen molar-refractivity contribution in [2.75, 3.05) is 7.11 Å². The highest BCUT2D eigenvalue weighted by Crippen LogP contribution is 2.58. The summed E-state index contributed by atoms with van der Waals surface area (Å²) in [5, 5.41) is 4.10. The van der Waals surface area contributed by atoms with Crippen LogP contribution in [0, 0.1) is 0 Å². The van der Waals surface area contributed by atoms with Gasteiger partial charge in [-0.05, 0) is 47.5 Å². The fraction of sp³-hybridized carbons (Fsp3) is 0.107. The van der Waals surface area contributed by atoms with E-state index in [-0.39, 0.29) is 5.97 Å². The molecular formula is C28H26O2P+. The Morgan fingerprint density at radius 3 is 1.39 bits per heavy atom. The summed E-state index contributed by atoms with van der Waals surface area (Å²) < 4.78 is 4.81. The van der Waals surface area contributed by atoms with Gasteiger partial charge in [-0.1, -0.05) is 78.9 Å². The number of rotatable bonds is 7. The monoisotopic (exact) mass is 425 g/mol. The maximum absolute atomic E-state index is 11.6. The quantitative estimate of drug-likeness (QED) is 0.311.